The molecule has 5 atom stereocenters. The van der Waals surface area contributed by atoms with Crippen LogP contribution < -0.4 is 9.47 Å². The van der Waals surface area contributed by atoms with Gasteiger partial charge >= 0.3 is 0 Å². The fourth-order valence-corrected chi connectivity index (χ4v) is 5.92. The summed E-state index contributed by atoms with van der Waals surface area (Å²) < 4.78 is 17.9. The second kappa shape index (κ2) is 4.54. The quantitative estimate of drug-likeness (QED) is 0.828. The van der Waals surface area contributed by atoms with Gasteiger partial charge in [0, 0.05) is 19.1 Å². The maximum Gasteiger partial charge on any atom is 0.166 e. The van der Waals surface area contributed by atoms with E-state index in [2.05, 4.69) is 24.1 Å². The second-order valence-corrected chi connectivity index (χ2v) is 7.42. The molecule has 0 bridgehead atoms. The van der Waals surface area contributed by atoms with Crippen molar-refractivity contribution in [2.75, 3.05) is 27.8 Å². The fraction of sp³-hybridized carbons (Fsp3) is 0.579. The summed E-state index contributed by atoms with van der Waals surface area (Å²) in [6.07, 6.45) is 4.97. The number of ether oxygens (including phenoxy) is 3. The number of rotatable bonds is 2. The lowest BCUT2D eigenvalue weighted by atomic mass is 9.53. The van der Waals surface area contributed by atoms with E-state index in [4.69, 9.17) is 14.2 Å². The van der Waals surface area contributed by atoms with Gasteiger partial charge in [-0.05, 0) is 31.6 Å². The average molecular weight is 329 g/mol. The summed E-state index contributed by atoms with van der Waals surface area (Å²) in [7, 11) is 5.62. The van der Waals surface area contributed by atoms with Crippen LogP contribution in [0.2, 0.25) is 0 Å². The second-order valence-electron chi connectivity index (χ2n) is 7.42. The van der Waals surface area contributed by atoms with Crippen LogP contribution in [0.25, 0.3) is 0 Å². The Kier molecular flexibility index (Phi) is 2.79. The fourth-order valence-electron chi connectivity index (χ4n) is 5.92. The molecule has 4 aliphatic rings. The molecule has 0 aromatic heterocycles. The summed E-state index contributed by atoms with van der Waals surface area (Å²) >= 11 is 0. The van der Waals surface area contributed by atoms with E-state index in [0.29, 0.717) is 0 Å². The Morgan fingerprint density at radius 3 is 2.92 bits per heavy atom. The minimum atomic E-state index is -0.620. The number of benzene rings is 1. The number of likely N-dealkylation sites (N-methyl/N-ethyl adjacent to an activating group) is 1. The minimum absolute atomic E-state index is 0.0340. The third-order valence-electron chi connectivity index (χ3n) is 6.83. The van der Waals surface area contributed by atoms with E-state index in [0.717, 1.165) is 30.9 Å². The predicted molar refractivity (Wildman–Crippen MR) is 88.7 cm³/mol. The van der Waals surface area contributed by atoms with Gasteiger partial charge in [0.05, 0.1) is 24.2 Å². The molecule has 5 nitrogen and oxygen atoms in total. The van der Waals surface area contributed by atoms with Crippen molar-refractivity contribution >= 4 is 0 Å². The van der Waals surface area contributed by atoms with Crippen LogP contribution in [-0.2, 0) is 16.6 Å². The highest BCUT2D eigenvalue weighted by atomic mass is 16.5. The summed E-state index contributed by atoms with van der Waals surface area (Å²) in [5.41, 5.74) is 1.92. The Morgan fingerprint density at radius 1 is 1.33 bits per heavy atom. The molecule has 1 saturated heterocycles. The van der Waals surface area contributed by atoms with E-state index in [-0.39, 0.29) is 23.2 Å². The van der Waals surface area contributed by atoms with Gasteiger partial charge in [0.25, 0.3) is 0 Å². The molecule has 1 aromatic rings. The third-order valence-corrected chi connectivity index (χ3v) is 6.83. The van der Waals surface area contributed by atoms with Crippen LogP contribution >= 0.6 is 0 Å². The predicted octanol–water partition coefficient (Wildman–Crippen LogP) is 1.27. The highest BCUT2D eigenvalue weighted by molar-refractivity contribution is 5.65. The Hall–Kier alpha value is -1.56. The monoisotopic (exact) mass is 329 g/mol. The number of nitrogens with zero attached hydrogens (tertiary/aromatic N) is 1. The lowest BCUT2D eigenvalue weighted by Crippen LogP contribution is -2.70. The molecular weight excluding hydrogens is 306 g/mol. The topological polar surface area (TPSA) is 51.2 Å². The van der Waals surface area contributed by atoms with Crippen molar-refractivity contribution in [3.63, 3.8) is 0 Å². The number of likely N-dealkylation sites (tertiary alicyclic amines) is 1. The molecule has 2 heterocycles. The first-order valence-electron chi connectivity index (χ1n) is 8.58. The number of hydrogen-bond donors (Lipinski definition) is 1. The smallest absolute Gasteiger partial charge is 0.166 e. The van der Waals surface area contributed by atoms with Crippen LogP contribution in [0.1, 0.15) is 17.5 Å². The van der Waals surface area contributed by atoms with Crippen LogP contribution in [0.5, 0.6) is 11.5 Å². The van der Waals surface area contributed by atoms with Crippen LogP contribution in [0.15, 0.2) is 24.3 Å². The van der Waals surface area contributed by atoms with Crippen molar-refractivity contribution in [2.45, 2.75) is 42.1 Å². The molecule has 2 aliphatic heterocycles. The van der Waals surface area contributed by atoms with Gasteiger partial charge < -0.3 is 19.3 Å². The largest absolute Gasteiger partial charge is 0.493 e. The van der Waals surface area contributed by atoms with Crippen molar-refractivity contribution in [1.29, 1.82) is 0 Å². The maximum absolute atomic E-state index is 10.7. The normalized spacial score (nSPS) is 41.8. The Bertz CT molecular complexity index is 747. The molecule has 2 unspecified atom stereocenters. The van der Waals surface area contributed by atoms with E-state index in [1.54, 1.807) is 14.2 Å². The highest BCUT2D eigenvalue weighted by Gasteiger charge is 2.73. The standard InChI is InChI=1S/C19H23NO4/c1-20-9-8-18-15-11-4-5-13(22-2)16(15)24-17(18)12(21)6-7-19(18,20)14(10-11)23-3/h4-7,12,14,17,21H,8-10H2,1-3H3/t12-,14-,17-,18?,19?/m0/s1. The van der Waals surface area contributed by atoms with Gasteiger partial charge in [0.2, 0.25) is 0 Å². The molecule has 1 fully saturated rings. The van der Waals surface area contributed by atoms with Crippen molar-refractivity contribution in [3.05, 3.63) is 35.4 Å². The van der Waals surface area contributed by atoms with Gasteiger partial charge in [-0.25, -0.2) is 0 Å². The number of methoxy groups -OCH3 is 2. The van der Waals surface area contributed by atoms with Crippen molar-refractivity contribution < 1.29 is 19.3 Å². The molecule has 2 aliphatic carbocycles. The molecular formula is C19H23NO4. The Labute approximate surface area is 141 Å². The van der Waals surface area contributed by atoms with Crippen molar-refractivity contribution in [3.8, 4) is 11.5 Å². The summed E-state index contributed by atoms with van der Waals surface area (Å²) in [4.78, 5) is 2.39. The van der Waals surface area contributed by atoms with E-state index < -0.39 is 6.10 Å². The molecule has 0 saturated carbocycles. The summed E-state index contributed by atoms with van der Waals surface area (Å²) in [5.74, 6) is 1.57. The Balaban J connectivity index is 1.88. The summed E-state index contributed by atoms with van der Waals surface area (Å²) in [5, 5.41) is 10.7. The van der Waals surface area contributed by atoms with Crippen LogP contribution in [0.4, 0.5) is 0 Å². The van der Waals surface area contributed by atoms with Gasteiger partial charge in [0.15, 0.2) is 11.5 Å². The molecule has 5 rings (SSSR count). The first-order chi connectivity index (χ1) is 11.6. The first kappa shape index (κ1) is 14.8. The van der Waals surface area contributed by atoms with Gasteiger partial charge in [0.1, 0.15) is 12.2 Å². The highest BCUT2D eigenvalue weighted by Crippen LogP contribution is 2.66. The SMILES string of the molecule is COc1ccc2c3c1O[C@H]1[C@@H](O)C=CC4([C@@H](OC)C2)N(C)CCC314. The summed E-state index contributed by atoms with van der Waals surface area (Å²) in [6, 6.07) is 4.11. The van der Waals surface area contributed by atoms with Crippen LogP contribution in [0, 0.1) is 0 Å². The lowest BCUT2D eigenvalue weighted by Gasteiger charge is -2.56. The molecule has 5 heteroatoms. The first-order valence-corrected chi connectivity index (χ1v) is 8.58. The van der Waals surface area contributed by atoms with Crippen LogP contribution in [0.3, 0.4) is 0 Å². The molecule has 1 spiro atoms. The van der Waals surface area contributed by atoms with Gasteiger partial charge in [-0.2, -0.15) is 0 Å². The molecule has 24 heavy (non-hydrogen) atoms. The molecule has 0 radical (unpaired) electrons. The zero-order chi connectivity index (χ0) is 16.7. The molecule has 128 valence electrons. The van der Waals surface area contributed by atoms with Gasteiger partial charge in [-0.3, -0.25) is 4.90 Å². The Morgan fingerprint density at radius 2 is 2.17 bits per heavy atom. The zero-order valence-corrected chi connectivity index (χ0v) is 14.3. The van der Waals surface area contributed by atoms with E-state index in [1.807, 2.05) is 12.1 Å². The maximum atomic E-state index is 10.7. The summed E-state index contributed by atoms with van der Waals surface area (Å²) in [6.45, 7) is 0.951. The average Bonchev–Trinajstić information content (AvgIpc) is 3.11. The molecule has 0 amide bonds. The minimum Gasteiger partial charge on any atom is -0.493 e. The number of aliphatic hydroxyl groups is 1. The number of hydrogen-bond acceptors (Lipinski definition) is 5. The van der Waals surface area contributed by atoms with Gasteiger partial charge in [-0.1, -0.05) is 18.2 Å². The number of aliphatic hydroxyl groups excluding tert-OH is 1. The zero-order valence-electron chi connectivity index (χ0n) is 14.3. The molecule has 1 aromatic carbocycles. The van der Waals surface area contributed by atoms with Crippen molar-refractivity contribution in [1.82, 2.24) is 4.90 Å². The molecule has 1 N–H and O–H groups in total. The van der Waals surface area contributed by atoms with E-state index in [1.165, 1.54) is 11.1 Å². The van der Waals surface area contributed by atoms with Crippen molar-refractivity contribution in [2.24, 2.45) is 0 Å². The van der Waals surface area contributed by atoms with E-state index >= 15 is 0 Å². The third kappa shape index (κ3) is 1.32. The van der Waals surface area contributed by atoms with Crippen LogP contribution in [-0.4, -0.2) is 61.7 Å². The van der Waals surface area contributed by atoms with E-state index in [9.17, 15) is 5.11 Å². The lowest BCUT2D eigenvalue weighted by molar-refractivity contribution is -0.0819. The van der Waals surface area contributed by atoms with Gasteiger partial charge in [-0.15, -0.1) is 0 Å².